The van der Waals surface area contributed by atoms with Gasteiger partial charge in [0.15, 0.2) is 0 Å². The number of nitrogens with one attached hydrogen (secondary N) is 1. The Labute approximate surface area is 110 Å². The van der Waals surface area contributed by atoms with Crippen LogP contribution in [0.1, 0.15) is 45.4 Å². The predicted molar refractivity (Wildman–Crippen MR) is 75.7 cm³/mol. The third-order valence-corrected chi connectivity index (χ3v) is 5.25. The fraction of sp³-hybridized carbons (Fsp3) is 1.00. The van der Waals surface area contributed by atoms with Crippen molar-refractivity contribution in [2.24, 2.45) is 5.92 Å². The third-order valence-electron chi connectivity index (χ3n) is 4.07. The predicted octanol–water partition coefficient (Wildman–Crippen LogP) is 3.07. The van der Waals surface area contributed by atoms with Crippen LogP contribution in [0, 0.1) is 5.92 Å². The Balaban J connectivity index is 1.65. The van der Waals surface area contributed by atoms with E-state index in [0.717, 1.165) is 25.1 Å². The van der Waals surface area contributed by atoms with Gasteiger partial charge in [0, 0.05) is 12.6 Å². The molecule has 3 unspecified atom stereocenters. The van der Waals surface area contributed by atoms with Crippen molar-refractivity contribution in [1.82, 2.24) is 5.32 Å². The zero-order valence-electron chi connectivity index (χ0n) is 11.1. The Bertz CT molecular complexity index is 200. The molecule has 100 valence electrons. The third kappa shape index (κ3) is 4.46. The van der Waals surface area contributed by atoms with Gasteiger partial charge in [0.25, 0.3) is 0 Å². The van der Waals surface area contributed by atoms with E-state index in [1.165, 1.54) is 50.0 Å². The van der Waals surface area contributed by atoms with Gasteiger partial charge in [-0.05, 0) is 62.5 Å². The molecule has 0 spiro atoms. The molecule has 0 aromatic rings. The Morgan fingerprint density at radius 3 is 3.00 bits per heavy atom. The van der Waals surface area contributed by atoms with E-state index < -0.39 is 0 Å². The van der Waals surface area contributed by atoms with Crippen LogP contribution in [0.5, 0.6) is 0 Å². The van der Waals surface area contributed by atoms with Gasteiger partial charge in [0.05, 0.1) is 6.10 Å². The van der Waals surface area contributed by atoms with Crippen molar-refractivity contribution in [1.29, 1.82) is 0 Å². The summed E-state index contributed by atoms with van der Waals surface area (Å²) in [5.74, 6) is 3.67. The van der Waals surface area contributed by atoms with E-state index in [1.54, 1.807) is 0 Å². The summed E-state index contributed by atoms with van der Waals surface area (Å²) in [4.78, 5) is 0. The molecule has 2 aliphatic rings. The molecule has 0 radical (unpaired) electrons. The first-order chi connectivity index (χ1) is 8.40. The highest BCUT2D eigenvalue weighted by molar-refractivity contribution is 7.99. The largest absolute Gasteiger partial charge is 0.378 e. The van der Waals surface area contributed by atoms with Crippen LogP contribution >= 0.6 is 11.8 Å². The van der Waals surface area contributed by atoms with Gasteiger partial charge in [-0.25, -0.2) is 0 Å². The molecule has 2 fully saturated rings. The first kappa shape index (κ1) is 13.7. The van der Waals surface area contributed by atoms with E-state index in [0.29, 0.717) is 6.10 Å². The molecule has 2 saturated heterocycles. The summed E-state index contributed by atoms with van der Waals surface area (Å²) in [6.45, 7) is 4.35. The minimum Gasteiger partial charge on any atom is -0.378 e. The molecule has 0 aliphatic carbocycles. The minimum atomic E-state index is 0.579. The minimum absolute atomic E-state index is 0.579. The molecule has 0 saturated carbocycles. The zero-order valence-corrected chi connectivity index (χ0v) is 11.9. The van der Waals surface area contributed by atoms with Crippen molar-refractivity contribution in [3.05, 3.63) is 0 Å². The number of ether oxygens (including phenoxy) is 1. The van der Waals surface area contributed by atoms with E-state index in [4.69, 9.17) is 4.74 Å². The van der Waals surface area contributed by atoms with Crippen LogP contribution < -0.4 is 5.32 Å². The van der Waals surface area contributed by atoms with E-state index in [2.05, 4.69) is 24.0 Å². The van der Waals surface area contributed by atoms with Crippen LogP contribution in [-0.4, -0.2) is 36.8 Å². The van der Waals surface area contributed by atoms with Crippen molar-refractivity contribution in [3.63, 3.8) is 0 Å². The Morgan fingerprint density at radius 1 is 1.41 bits per heavy atom. The zero-order chi connectivity index (χ0) is 11.9. The molecule has 3 heteroatoms. The normalized spacial score (nSPS) is 30.9. The monoisotopic (exact) mass is 257 g/mol. The summed E-state index contributed by atoms with van der Waals surface area (Å²) in [7, 11) is 0. The highest BCUT2D eigenvalue weighted by Gasteiger charge is 2.25. The molecule has 2 nitrogen and oxygen atoms in total. The Morgan fingerprint density at radius 2 is 2.35 bits per heavy atom. The molecule has 2 aliphatic heterocycles. The van der Waals surface area contributed by atoms with Gasteiger partial charge in [-0.3, -0.25) is 0 Å². The molecule has 1 N–H and O–H groups in total. The van der Waals surface area contributed by atoms with Gasteiger partial charge < -0.3 is 10.1 Å². The highest BCUT2D eigenvalue weighted by atomic mass is 32.2. The summed E-state index contributed by atoms with van der Waals surface area (Å²) < 4.78 is 5.70. The molecule has 3 atom stereocenters. The first-order valence-electron chi connectivity index (χ1n) is 7.33. The lowest BCUT2D eigenvalue weighted by Gasteiger charge is -2.24. The summed E-state index contributed by atoms with van der Waals surface area (Å²) in [6.07, 6.45) is 8.54. The fourth-order valence-electron chi connectivity index (χ4n) is 3.07. The van der Waals surface area contributed by atoms with Crippen LogP contribution in [0.25, 0.3) is 0 Å². The fourth-order valence-corrected chi connectivity index (χ4v) is 4.41. The maximum atomic E-state index is 5.70. The standard InChI is InChI=1S/C14H27NOS/c1-2-15-14(12-8-10-17-11-12)7-3-5-13-6-4-9-16-13/h12-15H,2-11H2,1H3. The van der Waals surface area contributed by atoms with Crippen molar-refractivity contribution in [3.8, 4) is 0 Å². The molecule has 0 bridgehead atoms. The summed E-state index contributed by atoms with van der Waals surface area (Å²) in [6, 6.07) is 0.761. The lowest BCUT2D eigenvalue weighted by molar-refractivity contribution is 0.101. The second-order valence-corrected chi connectivity index (χ2v) is 6.50. The topological polar surface area (TPSA) is 21.3 Å². The van der Waals surface area contributed by atoms with Crippen LogP contribution in [-0.2, 0) is 4.74 Å². The average Bonchev–Trinajstić information content (AvgIpc) is 3.01. The molecular formula is C14H27NOS. The number of hydrogen-bond donors (Lipinski definition) is 1. The Kier molecular flexibility index (Phi) is 6.16. The maximum absolute atomic E-state index is 5.70. The molecule has 0 amide bonds. The maximum Gasteiger partial charge on any atom is 0.0576 e. The van der Waals surface area contributed by atoms with Crippen LogP contribution in [0.3, 0.4) is 0 Å². The van der Waals surface area contributed by atoms with Gasteiger partial charge in [-0.1, -0.05) is 6.92 Å². The van der Waals surface area contributed by atoms with Crippen molar-refractivity contribution < 1.29 is 4.74 Å². The van der Waals surface area contributed by atoms with Crippen LogP contribution in [0.4, 0.5) is 0 Å². The smallest absolute Gasteiger partial charge is 0.0576 e. The van der Waals surface area contributed by atoms with E-state index in [9.17, 15) is 0 Å². The lowest BCUT2D eigenvalue weighted by Crippen LogP contribution is -2.36. The van der Waals surface area contributed by atoms with Gasteiger partial charge in [0.2, 0.25) is 0 Å². The van der Waals surface area contributed by atoms with E-state index in [-0.39, 0.29) is 0 Å². The van der Waals surface area contributed by atoms with Crippen molar-refractivity contribution in [2.75, 3.05) is 24.7 Å². The Hall–Kier alpha value is 0.270. The lowest BCUT2D eigenvalue weighted by atomic mass is 9.93. The molecular weight excluding hydrogens is 230 g/mol. The summed E-state index contributed by atoms with van der Waals surface area (Å²) >= 11 is 2.13. The second kappa shape index (κ2) is 7.65. The number of rotatable bonds is 7. The molecule has 2 rings (SSSR count). The van der Waals surface area contributed by atoms with Crippen LogP contribution in [0.2, 0.25) is 0 Å². The van der Waals surface area contributed by atoms with Gasteiger partial charge >= 0.3 is 0 Å². The SMILES string of the molecule is CCNC(CCCC1CCCO1)C1CCSC1. The van der Waals surface area contributed by atoms with Crippen molar-refractivity contribution in [2.45, 2.75) is 57.6 Å². The van der Waals surface area contributed by atoms with Crippen LogP contribution in [0.15, 0.2) is 0 Å². The average molecular weight is 257 g/mol. The summed E-state index contributed by atoms with van der Waals surface area (Å²) in [5.41, 5.74) is 0. The quantitative estimate of drug-likeness (QED) is 0.757. The summed E-state index contributed by atoms with van der Waals surface area (Å²) in [5, 5.41) is 3.70. The van der Waals surface area contributed by atoms with Gasteiger partial charge in [0.1, 0.15) is 0 Å². The number of hydrogen-bond acceptors (Lipinski definition) is 3. The first-order valence-corrected chi connectivity index (χ1v) is 8.48. The van der Waals surface area contributed by atoms with Gasteiger partial charge in [-0.2, -0.15) is 11.8 Å². The second-order valence-electron chi connectivity index (χ2n) is 5.35. The van der Waals surface area contributed by atoms with E-state index in [1.807, 2.05) is 0 Å². The van der Waals surface area contributed by atoms with Crippen molar-refractivity contribution >= 4 is 11.8 Å². The van der Waals surface area contributed by atoms with E-state index >= 15 is 0 Å². The molecule has 0 aromatic carbocycles. The molecule has 2 heterocycles. The highest BCUT2D eigenvalue weighted by Crippen LogP contribution is 2.29. The van der Waals surface area contributed by atoms with Gasteiger partial charge in [-0.15, -0.1) is 0 Å². The molecule has 0 aromatic heterocycles. The number of thioether (sulfide) groups is 1. The molecule has 17 heavy (non-hydrogen) atoms.